The van der Waals surface area contributed by atoms with Crippen LogP contribution in [0.5, 0.6) is 0 Å². The predicted octanol–water partition coefficient (Wildman–Crippen LogP) is 0.522. The number of furan rings is 1. The molecule has 0 radical (unpaired) electrons. The van der Waals surface area contributed by atoms with Crippen LogP contribution in [0.3, 0.4) is 0 Å². The van der Waals surface area contributed by atoms with Crippen LogP contribution < -0.4 is 0 Å². The van der Waals surface area contributed by atoms with Crippen molar-refractivity contribution in [2.45, 2.75) is 0 Å². The molecule has 1 aromatic rings. The van der Waals surface area contributed by atoms with Gasteiger partial charge in [-0.25, -0.2) is 0 Å². The third kappa shape index (κ3) is 1.13. The molecule has 0 saturated heterocycles. The Kier molecular flexibility index (Phi) is 2.09. The molecule has 2 heterocycles. The number of methoxy groups -OCH3 is 1. The third-order valence-electron chi connectivity index (χ3n) is 2.13. The lowest BCUT2D eigenvalue weighted by atomic mass is 10.2. The summed E-state index contributed by atoms with van der Waals surface area (Å²) in [5, 5.41) is 0. The Labute approximate surface area is 80.2 Å². The average Bonchev–Trinajstić information content (AvgIpc) is 2.72. The lowest BCUT2D eigenvalue weighted by Gasteiger charge is -2.12. The van der Waals surface area contributed by atoms with Gasteiger partial charge in [-0.1, -0.05) is 0 Å². The van der Waals surface area contributed by atoms with Crippen molar-refractivity contribution < 1.29 is 18.7 Å². The molecule has 1 aromatic heterocycles. The van der Waals surface area contributed by atoms with E-state index in [4.69, 9.17) is 9.15 Å². The van der Waals surface area contributed by atoms with Gasteiger partial charge >= 0.3 is 0 Å². The van der Waals surface area contributed by atoms with Gasteiger partial charge in [0, 0.05) is 7.11 Å². The van der Waals surface area contributed by atoms with Gasteiger partial charge in [0.15, 0.2) is 0 Å². The van der Waals surface area contributed by atoms with Crippen LogP contribution in [0.25, 0.3) is 0 Å². The molecule has 2 amide bonds. The number of hydrogen-bond donors (Lipinski definition) is 0. The van der Waals surface area contributed by atoms with Crippen LogP contribution >= 0.6 is 0 Å². The van der Waals surface area contributed by atoms with Crippen molar-refractivity contribution in [2.24, 2.45) is 0 Å². The maximum absolute atomic E-state index is 11.6. The largest absolute Gasteiger partial charge is 0.471 e. The van der Waals surface area contributed by atoms with Gasteiger partial charge in [0.25, 0.3) is 11.8 Å². The minimum Gasteiger partial charge on any atom is -0.471 e. The van der Waals surface area contributed by atoms with Crippen molar-refractivity contribution in [1.82, 2.24) is 4.90 Å². The Morgan fingerprint density at radius 2 is 1.86 bits per heavy atom. The molecular formula is C9H9NO4. The summed E-state index contributed by atoms with van der Waals surface area (Å²) in [6.07, 6.45) is 2.59. The second-order valence-corrected chi connectivity index (χ2v) is 2.95. The molecule has 0 saturated carbocycles. The van der Waals surface area contributed by atoms with Gasteiger partial charge in [-0.15, -0.1) is 0 Å². The minimum absolute atomic E-state index is 0.281. The fourth-order valence-corrected chi connectivity index (χ4v) is 1.40. The topological polar surface area (TPSA) is 59.8 Å². The molecule has 5 heteroatoms. The standard InChI is InChI=1S/C9H9NO4/c1-13-3-2-10-8(11)6-4-14-5-7(6)9(10)12/h4-5H,2-3H2,1H3. The van der Waals surface area contributed by atoms with Gasteiger partial charge in [0.1, 0.15) is 12.5 Å². The van der Waals surface area contributed by atoms with E-state index < -0.39 is 0 Å². The van der Waals surface area contributed by atoms with Gasteiger partial charge in [-0.3, -0.25) is 14.5 Å². The Morgan fingerprint density at radius 1 is 1.29 bits per heavy atom. The Balaban J connectivity index is 2.22. The Morgan fingerprint density at radius 3 is 2.36 bits per heavy atom. The summed E-state index contributed by atoms with van der Waals surface area (Å²) in [6.45, 7) is 0.627. The van der Waals surface area contributed by atoms with Crippen LogP contribution in [0.4, 0.5) is 0 Å². The molecule has 74 valence electrons. The van der Waals surface area contributed by atoms with E-state index in [2.05, 4.69) is 0 Å². The molecule has 0 bridgehead atoms. The SMILES string of the molecule is COCCN1C(=O)c2cocc2C1=O. The molecule has 0 atom stereocenters. The first-order valence-electron chi connectivity index (χ1n) is 4.17. The highest BCUT2D eigenvalue weighted by atomic mass is 16.5. The Bertz CT molecular complexity index is 351. The molecule has 0 aromatic carbocycles. The predicted molar refractivity (Wildman–Crippen MR) is 46.0 cm³/mol. The molecule has 5 nitrogen and oxygen atoms in total. The Hall–Kier alpha value is -1.62. The van der Waals surface area contributed by atoms with E-state index in [0.29, 0.717) is 17.7 Å². The highest BCUT2D eigenvalue weighted by Crippen LogP contribution is 2.22. The number of rotatable bonds is 3. The van der Waals surface area contributed by atoms with E-state index in [1.54, 1.807) is 0 Å². The zero-order chi connectivity index (χ0) is 10.1. The molecule has 1 aliphatic rings. The van der Waals surface area contributed by atoms with Crippen molar-refractivity contribution in [3.05, 3.63) is 23.7 Å². The molecule has 2 rings (SSSR count). The first-order chi connectivity index (χ1) is 6.75. The van der Waals surface area contributed by atoms with Crippen LogP contribution in [-0.4, -0.2) is 37.0 Å². The molecule has 0 spiro atoms. The monoisotopic (exact) mass is 195 g/mol. The summed E-state index contributed by atoms with van der Waals surface area (Å²) in [4.78, 5) is 24.3. The van der Waals surface area contributed by atoms with Crippen molar-refractivity contribution >= 4 is 11.8 Å². The molecule has 0 unspecified atom stereocenters. The number of ether oxygens (including phenoxy) is 1. The lowest BCUT2D eigenvalue weighted by molar-refractivity contribution is 0.0600. The van der Waals surface area contributed by atoms with E-state index >= 15 is 0 Å². The zero-order valence-corrected chi connectivity index (χ0v) is 7.65. The van der Waals surface area contributed by atoms with Crippen LogP contribution in [0, 0.1) is 0 Å². The summed E-state index contributed by atoms with van der Waals surface area (Å²) in [5.41, 5.74) is 0.678. The number of hydrogen-bond acceptors (Lipinski definition) is 4. The fourth-order valence-electron chi connectivity index (χ4n) is 1.40. The zero-order valence-electron chi connectivity index (χ0n) is 7.65. The molecular weight excluding hydrogens is 186 g/mol. The van der Waals surface area contributed by atoms with Gasteiger partial charge in [-0.2, -0.15) is 0 Å². The van der Waals surface area contributed by atoms with E-state index in [1.165, 1.54) is 19.6 Å². The van der Waals surface area contributed by atoms with E-state index in [0.717, 1.165) is 4.90 Å². The second kappa shape index (κ2) is 3.26. The average molecular weight is 195 g/mol. The highest BCUT2D eigenvalue weighted by molar-refractivity contribution is 6.21. The molecule has 0 aliphatic carbocycles. The van der Waals surface area contributed by atoms with Gasteiger partial charge in [-0.05, 0) is 0 Å². The summed E-state index contributed by atoms with van der Waals surface area (Å²) in [6, 6.07) is 0. The number of imide groups is 1. The van der Waals surface area contributed by atoms with Gasteiger partial charge < -0.3 is 9.15 Å². The smallest absolute Gasteiger partial charge is 0.264 e. The van der Waals surface area contributed by atoms with Crippen molar-refractivity contribution in [3.63, 3.8) is 0 Å². The third-order valence-corrected chi connectivity index (χ3v) is 2.13. The first-order valence-corrected chi connectivity index (χ1v) is 4.17. The number of amides is 2. The fraction of sp³-hybridized carbons (Fsp3) is 0.333. The highest BCUT2D eigenvalue weighted by Gasteiger charge is 2.36. The maximum Gasteiger partial charge on any atom is 0.264 e. The maximum atomic E-state index is 11.6. The van der Waals surface area contributed by atoms with Crippen LogP contribution in [0.15, 0.2) is 16.9 Å². The number of carbonyl (C=O) groups is 2. The number of nitrogens with zero attached hydrogens (tertiary/aromatic N) is 1. The molecule has 14 heavy (non-hydrogen) atoms. The summed E-state index contributed by atoms with van der Waals surface area (Å²) >= 11 is 0. The summed E-state index contributed by atoms with van der Waals surface area (Å²) in [5.74, 6) is -0.619. The molecule has 0 fully saturated rings. The van der Waals surface area contributed by atoms with Crippen molar-refractivity contribution in [1.29, 1.82) is 0 Å². The first kappa shape index (κ1) is 8.96. The van der Waals surface area contributed by atoms with E-state index in [1.807, 2.05) is 0 Å². The van der Waals surface area contributed by atoms with Crippen molar-refractivity contribution in [2.75, 3.05) is 20.3 Å². The van der Waals surface area contributed by atoms with Crippen LogP contribution in [0.2, 0.25) is 0 Å². The second-order valence-electron chi connectivity index (χ2n) is 2.95. The quantitative estimate of drug-likeness (QED) is 0.660. The van der Waals surface area contributed by atoms with Crippen LogP contribution in [-0.2, 0) is 4.74 Å². The normalized spacial score (nSPS) is 15.1. The summed E-state index contributed by atoms with van der Waals surface area (Å²) < 4.78 is 9.59. The van der Waals surface area contributed by atoms with Gasteiger partial charge in [0.2, 0.25) is 0 Å². The lowest BCUT2D eigenvalue weighted by Crippen LogP contribution is -2.32. The summed E-state index contributed by atoms with van der Waals surface area (Å²) in [7, 11) is 1.52. The van der Waals surface area contributed by atoms with Crippen LogP contribution in [0.1, 0.15) is 20.7 Å². The van der Waals surface area contributed by atoms with Gasteiger partial charge in [0.05, 0.1) is 24.3 Å². The van der Waals surface area contributed by atoms with Crippen molar-refractivity contribution in [3.8, 4) is 0 Å². The molecule has 1 aliphatic heterocycles. The minimum atomic E-state index is -0.309. The molecule has 0 N–H and O–H groups in total. The van der Waals surface area contributed by atoms with E-state index in [-0.39, 0.29) is 18.4 Å². The van der Waals surface area contributed by atoms with E-state index in [9.17, 15) is 9.59 Å². The number of carbonyl (C=O) groups excluding carboxylic acids is 2. The number of fused-ring (bicyclic) bond motifs is 1.